The molecule has 0 aromatic rings. The quantitative estimate of drug-likeness (QED) is 0.372. The van der Waals surface area contributed by atoms with Crippen molar-refractivity contribution in [2.24, 2.45) is 0 Å². The lowest BCUT2D eigenvalue weighted by Gasteiger charge is -2.09. The predicted octanol–water partition coefficient (Wildman–Crippen LogP) is -0.501. The summed E-state index contributed by atoms with van der Waals surface area (Å²) in [4.78, 5) is 0. The van der Waals surface area contributed by atoms with E-state index in [0.717, 1.165) is 0 Å². The summed E-state index contributed by atoms with van der Waals surface area (Å²) in [5.41, 5.74) is 0. The smallest absolute Gasteiger partial charge is 0.390 e. The van der Waals surface area contributed by atoms with Crippen LogP contribution in [0.2, 0.25) is 0 Å². The minimum atomic E-state index is 0.319. The van der Waals surface area contributed by atoms with Crippen molar-refractivity contribution in [1.29, 1.82) is 0 Å². The molecule has 1 aliphatic rings. The molecule has 0 aromatic heterocycles. The Bertz CT molecular complexity index is 24.3. The zero-order valence-electron chi connectivity index (χ0n) is 3.22. The van der Waals surface area contributed by atoms with Crippen LogP contribution in [0.5, 0.6) is 0 Å². The van der Waals surface area contributed by atoms with Crippen molar-refractivity contribution in [3.8, 4) is 0 Å². The van der Waals surface area contributed by atoms with E-state index in [1.54, 1.807) is 0 Å². The largest absolute Gasteiger partial charge is 0.491 e. The van der Waals surface area contributed by atoms with Gasteiger partial charge in [-0.2, -0.15) is 0 Å². The van der Waals surface area contributed by atoms with E-state index < -0.39 is 0 Å². The summed E-state index contributed by atoms with van der Waals surface area (Å²) < 4.78 is 13.6. The maximum absolute atomic E-state index is 4.59. The third-order valence-electron chi connectivity index (χ3n) is 0.439. The van der Waals surface area contributed by atoms with E-state index in [1.807, 2.05) is 0 Å². The van der Waals surface area contributed by atoms with Gasteiger partial charge in [-0.3, -0.25) is 0 Å². The van der Waals surface area contributed by atoms with E-state index in [-0.39, 0.29) is 0 Å². The van der Waals surface area contributed by atoms with Crippen LogP contribution >= 0.6 is 0 Å². The van der Waals surface area contributed by atoms with Crippen LogP contribution in [0.3, 0.4) is 0 Å². The summed E-state index contributed by atoms with van der Waals surface area (Å²) in [5.74, 6) is 0. The highest BCUT2D eigenvalue weighted by molar-refractivity contribution is 6.17. The van der Waals surface area contributed by atoms with Crippen LogP contribution < -0.4 is 0 Å². The first-order chi connectivity index (χ1) is 3.00. The van der Waals surface area contributed by atoms with Crippen molar-refractivity contribution in [2.45, 2.75) is 0 Å². The molecule has 0 saturated carbocycles. The standard InChI is InChI=1S/C2H4BO3/c1-4-2-6-3-5-1/h1-2H2. The molecule has 1 saturated heterocycles. The second kappa shape index (κ2) is 2.18. The van der Waals surface area contributed by atoms with E-state index in [1.165, 1.54) is 7.69 Å². The minimum absolute atomic E-state index is 0.319. The molecule has 0 N–H and O–H groups in total. The average Bonchev–Trinajstić information content (AvgIpc) is 1.72. The predicted molar refractivity (Wildman–Crippen MR) is 18.7 cm³/mol. The third-order valence-corrected chi connectivity index (χ3v) is 0.439. The molecule has 33 valence electrons. The SMILES string of the molecule is [B]1OCOCO1. The van der Waals surface area contributed by atoms with E-state index >= 15 is 0 Å². The molecule has 1 rings (SSSR count). The summed E-state index contributed by atoms with van der Waals surface area (Å²) in [7, 11) is 1.27. The van der Waals surface area contributed by atoms with Gasteiger partial charge >= 0.3 is 7.69 Å². The zero-order valence-corrected chi connectivity index (χ0v) is 3.22. The second-order valence-electron chi connectivity index (χ2n) is 0.869. The lowest BCUT2D eigenvalue weighted by molar-refractivity contribution is -0.104. The first kappa shape index (κ1) is 4.11. The first-order valence-corrected chi connectivity index (χ1v) is 1.63. The van der Waals surface area contributed by atoms with Crippen LogP contribution in [-0.2, 0) is 14.0 Å². The molecule has 0 aromatic carbocycles. The molecule has 0 aliphatic carbocycles. The summed E-state index contributed by atoms with van der Waals surface area (Å²) in [6, 6.07) is 0. The third kappa shape index (κ3) is 0.968. The second-order valence-corrected chi connectivity index (χ2v) is 0.869. The fourth-order valence-corrected chi connectivity index (χ4v) is 0.234. The van der Waals surface area contributed by atoms with E-state index in [4.69, 9.17) is 0 Å². The fourth-order valence-electron chi connectivity index (χ4n) is 0.234. The van der Waals surface area contributed by atoms with Gasteiger partial charge in [-0.15, -0.1) is 0 Å². The Morgan fingerprint density at radius 1 is 1.17 bits per heavy atom. The number of hydrogen-bond donors (Lipinski definition) is 0. The van der Waals surface area contributed by atoms with Gasteiger partial charge in [-0.05, 0) is 0 Å². The molecular formula is C2H4BO3. The van der Waals surface area contributed by atoms with E-state index in [2.05, 4.69) is 14.0 Å². The van der Waals surface area contributed by atoms with Crippen molar-refractivity contribution < 1.29 is 14.0 Å². The average molecular weight is 86.9 g/mol. The highest BCUT2D eigenvalue weighted by atomic mass is 16.8. The van der Waals surface area contributed by atoms with Crippen LogP contribution in [0.15, 0.2) is 0 Å². The summed E-state index contributed by atoms with van der Waals surface area (Å²) in [5, 5.41) is 0. The van der Waals surface area contributed by atoms with Crippen LogP contribution in [0.25, 0.3) is 0 Å². The maximum atomic E-state index is 4.59. The highest BCUT2D eigenvalue weighted by Gasteiger charge is 1.98. The Morgan fingerprint density at radius 3 is 2.00 bits per heavy atom. The van der Waals surface area contributed by atoms with Gasteiger partial charge < -0.3 is 14.0 Å². The van der Waals surface area contributed by atoms with Crippen LogP contribution in [0.1, 0.15) is 0 Å². The van der Waals surface area contributed by atoms with Gasteiger partial charge in [0.25, 0.3) is 0 Å². The zero-order chi connectivity index (χ0) is 4.24. The molecule has 1 radical (unpaired) electrons. The molecule has 6 heavy (non-hydrogen) atoms. The normalized spacial score (nSPS) is 22.7. The Hall–Kier alpha value is -0.0551. The van der Waals surface area contributed by atoms with Crippen LogP contribution in [0.4, 0.5) is 0 Å². The molecule has 3 nitrogen and oxygen atoms in total. The molecule has 0 atom stereocenters. The van der Waals surface area contributed by atoms with Gasteiger partial charge in [0.15, 0.2) is 0 Å². The molecule has 0 bridgehead atoms. The lowest BCUT2D eigenvalue weighted by Crippen LogP contribution is -2.17. The molecule has 0 amide bonds. The lowest BCUT2D eigenvalue weighted by atomic mass is 10.4. The summed E-state index contributed by atoms with van der Waals surface area (Å²) in [6.45, 7) is 0.639. The molecule has 0 unspecified atom stereocenters. The minimum Gasteiger partial charge on any atom is -0.390 e. The van der Waals surface area contributed by atoms with Crippen molar-refractivity contribution in [2.75, 3.05) is 13.6 Å². The van der Waals surface area contributed by atoms with Crippen LogP contribution in [0, 0.1) is 0 Å². The number of hydrogen-bond acceptors (Lipinski definition) is 3. The van der Waals surface area contributed by atoms with Gasteiger partial charge in [-0.25, -0.2) is 0 Å². The van der Waals surface area contributed by atoms with E-state index in [0.29, 0.717) is 13.6 Å². The molecular weight excluding hydrogens is 82.8 g/mol. The van der Waals surface area contributed by atoms with Gasteiger partial charge in [0.05, 0.1) is 0 Å². The van der Waals surface area contributed by atoms with E-state index in [9.17, 15) is 0 Å². The first-order valence-electron chi connectivity index (χ1n) is 1.63. The fraction of sp³-hybridized carbons (Fsp3) is 1.00. The van der Waals surface area contributed by atoms with Crippen LogP contribution in [-0.4, -0.2) is 21.3 Å². The van der Waals surface area contributed by atoms with Crippen molar-refractivity contribution in [3.05, 3.63) is 0 Å². The Labute approximate surface area is 36.5 Å². The monoisotopic (exact) mass is 87.0 g/mol. The van der Waals surface area contributed by atoms with Gasteiger partial charge in [0.2, 0.25) is 0 Å². The highest BCUT2D eigenvalue weighted by Crippen LogP contribution is 1.84. The Kier molecular flexibility index (Phi) is 1.49. The van der Waals surface area contributed by atoms with Crippen molar-refractivity contribution in [3.63, 3.8) is 0 Å². The molecule has 1 aliphatic heterocycles. The van der Waals surface area contributed by atoms with Crippen molar-refractivity contribution in [1.82, 2.24) is 0 Å². The molecule has 4 heteroatoms. The summed E-state index contributed by atoms with van der Waals surface area (Å²) in [6.07, 6.45) is 0. The van der Waals surface area contributed by atoms with Crippen molar-refractivity contribution >= 4 is 7.69 Å². The maximum Gasteiger partial charge on any atom is 0.491 e. The van der Waals surface area contributed by atoms with Gasteiger partial charge in [-0.1, -0.05) is 0 Å². The molecule has 1 fully saturated rings. The Balaban J connectivity index is 2.00. The molecule has 0 spiro atoms. The summed E-state index contributed by atoms with van der Waals surface area (Å²) >= 11 is 0. The number of ether oxygens (including phenoxy) is 1. The molecule has 1 heterocycles. The number of rotatable bonds is 0. The Morgan fingerprint density at radius 2 is 1.83 bits per heavy atom. The van der Waals surface area contributed by atoms with Gasteiger partial charge in [0.1, 0.15) is 13.6 Å². The van der Waals surface area contributed by atoms with Gasteiger partial charge in [0, 0.05) is 0 Å². The topological polar surface area (TPSA) is 27.7 Å².